The lowest BCUT2D eigenvalue weighted by molar-refractivity contribution is -0.0231. The number of aryl methyl sites for hydroxylation is 3. The first-order valence-electron chi connectivity index (χ1n) is 16.7. The number of aromatic nitrogens is 1. The number of allylic oxidation sites excluding steroid dienone is 1. The normalized spacial score (nSPS) is 27.9. The quantitative estimate of drug-likeness (QED) is 0.315. The summed E-state index contributed by atoms with van der Waals surface area (Å²) in [5.74, 6) is 1.30. The Labute approximate surface area is 281 Å². The van der Waals surface area contributed by atoms with Gasteiger partial charge in [0.1, 0.15) is 11.5 Å². The van der Waals surface area contributed by atoms with Crippen LogP contribution in [0.4, 0.5) is 5.69 Å². The number of hydrogen-bond donors (Lipinski definition) is 1. The fourth-order valence-electron chi connectivity index (χ4n) is 7.87. The highest BCUT2D eigenvalue weighted by molar-refractivity contribution is 7.90. The van der Waals surface area contributed by atoms with Crippen molar-refractivity contribution in [2.75, 3.05) is 30.3 Å². The molecule has 47 heavy (non-hydrogen) atoms. The van der Waals surface area contributed by atoms with Crippen molar-refractivity contribution in [3.8, 4) is 5.75 Å². The van der Waals surface area contributed by atoms with Gasteiger partial charge in [0.15, 0.2) is 0 Å². The summed E-state index contributed by atoms with van der Waals surface area (Å²) in [6, 6.07) is 11.5. The molecule has 4 aliphatic rings. The fraction of sp³-hybridized carbons (Fsp3) is 0.500. The minimum Gasteiger partial charge on any atom is -0.490 e. The SMILES string of the molecule is Cc1noc(C)c1CO[C@@H]1/C=C\CCCS(=O)(=O)NC(=O)c2ccc3c(c2)N(C[C@@H]2CC[C@H]21)C[C@@]1(CCCc2cc(Cl)ccc21)CO3. The number of amides is 1. The molecule has 2 aliphatic carbocycles. The van der Waals surface area contributed by atoms with Crippen LogP contribution in [-0.4, -0.2) is 51.0 Å². The number of nitrogens with one attached hydrogen (secondary N) is 1. The highest BCUT2D eigenvalue weighted by Gasteiger charge is 2.44. The van der Waals surface area contributed by atoms with E-state index in [1.54, 1.807) is 12.1 Å². The second-order valence-electron chi connectivity index (χ2n) is 13.7. The number of ether oxygens (including phenoxy) is 2. The van der Waals surface area contributed by atoms with Crippen LogP contribution >= 0.6 is 11.6 Å². The van der Waals surface area contributed by atoms with Crippen LogP contribution in [0.25, 0.3) is 0 Å². The highest BCUT2D eigenvalue weighted by Crippen LogP contribution is 2.47. The lowest BCUT2D eigenvalue weighted by atomic mass is 9.68. The average Bonchev–Trinajstić information content (AvgIpc) is 3.26. The summed E-state index contributed by atoms with van der Waals surface area (Å²) < 4.78 is 46.7. The van der Waals surface area contributed by atoms with E-state index in [1.165, 1.54) is 11.1 Å². The van der Waals surface area contributed by atoms with Crippen molar-refractivity contribution in [2.45, 2.75) is 76.9 Å². The predicted molar refractivity (Wildman–Crippen MR) is 181 cm³/mol. The second-order valence-corrected chi connectivity index (χ2v) is 16.0. The molecule has 2 bridgehead atoms. The largest absolute Gasteiger partial charge is 0.490 e. The van der Waals surface area contributed by atoms with Crippen molar-refractivity contribution in [3.63, 3.8) is 0 Å². The van der Waals surface area contributed by atoms with Gasteiger partial charge in [-0.1, -0.05) is 35.0 Å². The lowest BCUT2D eigenvalue weighted by Gasteiger charge is -2.46. The average molecular weight is 680 g/mol. The predicted octanol–water partition coefficient (Wildman–Crippen LogP) is 6.44. The Kier molecular flexibility index (Phi) is 8.87. The Morgan fingerprint density at radius 1 is 1.15 bits per heavy atom. The van der Waals surface area contributed by atoms with Crippen molar-refractivity contribution < 1.29 is 27.2 Å². The molecule has 7 rings (SSSR count). The van der Waals surface area contributed by atoms with Crippen LogP contribution in [0.3, 0.4) is 0 Å². The van der Waals surface area contributed by atoms with Gasteiger partial charge >= 0.3 is 0 Å². The van der Waals surface area contributed by atoms with Gasteiger partial charge in [-0.3, -0.25) is 4.79 Å². The van der Waals surface area contributed by atoms with Crippen molar-refractivity contribution in [1.82, 2.24) is 9.88 Å². The molecule has 3 aromatic rings. The fourth-order valence-corrected chi connectivity index (χ4v) is 9.12. The third-order valence-electron chi connectivity index (χ3n) is 10.6. The highest BCUT2D eigenvalue weighted by atomic mass is 35.5. The van der Waals surface area contributed by atoms with Gasteiger partial charge < -0.3 is 18.9 Å². The van der Waals surface area contributed by atoms with Crippen molar-refractivity contribution >= 4 is 33.2 Å². The van der Waals surface area contributed by atoms with Crippen LogP contribution in [0.2, 0.25) is 5.02 Å². The maximum atomic E-state index is 13.3. The molecule has 11 heteroatoms. The molecule has 2 aromatic carbocycles. The standard InChI is InChI=1S/C36H42ClN3O6S/c1-23-30(24(2)46-38-23)20-44-33-8-4-3-5-16-47(42,43)39-35(41)26-10-14-34-32(18-26)40(19-27-9-12-29(27)33)21-36(22-45-34)15-6-7-25-17-28(37)11-13-31(25)36/h4,8,10-11,13-14,17-18,27,29,33H,3,5-7,9,12,15-16,19-22H2,1-2H3,(H,39,41)/b8-4-/t27-,29+,33+,36-/m0/s1. The Hall–Kier alpha value is -3.34. The second kappa shape index (κ2) is 12.9. The molecule has 2 aliphatic heterocycles. The number of benzene rings is 2. The first-order chi connectivity index (χ1) is 22.6. The summed E-state index contributed by atoms with van der Waals surface area (Å²) in [5, 5.41) is 4.84. The van der Waals surface area contributed by atoms with Gasteiger partial charge in [-0.25, -0.2) is 13.1 Å². The maximum Gasteiger partial charge on any atom is 0.264 e. The molecule has 250 valence electrons. The van der Waals surface area contributed by atoms with E-state index in [1.807, 2.05) is 32.1 Å². The maximum absolute atomic E-state index is 13.3. The summed E-state index contributed by atoms with van der Waals surface area (Å²) in [5.41, 5.74) is 5.17. The molecule has 4 atom stereocenters. The molecule has 0 unspecified atom stereocenters. The van der Waals surface area contributed by atoms with Gasteiger partial charge in [-0.05, 0) is 112 Å². The number of anilines is 1. The molecule has 1 fully saturated rings. The monoisotopic (exact) mass is 679 g/mol. The lowest BCUT2D eigenvalue weighted by Crippen LogP contribution is -2.49. The van der Waals surface area contributed by atoms with E-state index >= 15 is 0 Å². The molecule has 1 amide bonds. The molecule has 3 heterocycles. The Morgan fingerprint density at radius 3 is 2.81 bits per heavy atom. The molecule has 1 spiro atoms. The molecular formula is C36H42ClN3O6S. The minimum absolute atomic E-state index is 0.146. The third-order valence-corrected chi connectivity index (χ3v) is 12.2. The zero-order valence-corrected chi connectivity index (χ0v) is 28.5. The number of hydrogen-bond acceptors (Lipinski definition) is 8. The summed E-state index contributed by atoms with van der Waals surface area (Å²) in [4.78, 5) is 15.7. The van der Waals surface area contributed by atoms with E-state index in [-0.39, 0.29) is 23.2 Å². The van der Waals surface area contributed by atoms with E-state index in [2.05, 4.69) is 33.0 Å². The van der Waals surface area contributed by atoms with Crippen LogP contribution in [0.1, 0.15) is 77.0 Å². The molecule has 9 nitrogen and oxygen atoms in total. The summed E-state index contributed by atoms with van der Waals surface area (Å²) in [6.45, 7) is 6.20. The zero-order valence-electron chi connectivity index (χ0n) is 27.0. The van der Waals surface area contributed by atoms with Crippen LogP contribution in [0.5, 0.6) is 5.75 Å². The van der Waals surface area contributed by atoms with Crippen molar-refractivity contribution in [2.24, 2.45) is 11.8 Å². The summed E-state index contributed by atoms with van der Waals surface area (Å²) >= 11 is 6.44. The molecule has 1 aromatic heterocycles. The Bertz CT molecular complexity index is 1790. The Morgan fingerprint density at radius 2 is 2.02 bits per heavy atom. The van der Waals surface area contributed by atoms with E-state index in [4.69, 9.17) is 25.6 Å². The van der Waals surface area contributed by atoms with Gasteiger partial charge in [0.2, 0.25) is 10.0 Å². The molecule has 0 saturated heterocycles. The van der Waals surface area contributed by atoms with Gasteiger partial charge in [0.05, 0.1) is 36.5 Å². The number of fused-ring (bicyclic) bond motifs is 4. The van der Waals surface area contributed by atoms with E-state index in [9.17, 15) is 13.2 Å². The number of rotatable bonds is 3. The van der Waals surface area contributed by atoms with Crippen molar-refractivity contribution in [3.05, 3.63) is 87.3 Å². The van der Waals surface area contributed by atoms with E-state index < -0.39 is 15.9 Å². The number of carbonyl (C=O) groups is 1. The van der Waals surface area contributed by atoms with Crippen LogP contribution in [0.15, 0.2) is 53.1 Å². The van der Waals surface area contributed by atoms with Gasteiger partial charge in [0, 0.05) is 34.7 Å². The molecular weight excluding hydrogens is 638 g/mol. The summed E-state index contributed by atoms with van der Waals surface area (Å²) in [6.07, 6.45) is 10.0. The van der Waals surface area contributed by atoms with E-state index in [0.29, 0.717) is 49.8 Å². The first kappa shape index (κ1) is 32.2. The third kappa shape index (κ3) is 6.56. The topological polar surface area (TPSA) is 111 Å². The van der Waals surface area contributed by atoms with Crippen molar-refractivity contribution in [1.29, 1.82) is 0 Å². The Balaban J connectivity index is 1.26. The smallest absolute Gasteiger partial charge is 0.264 e. The zero-order chi connectivity index (χ0) is 32.8. The van der Waals surface area contributed by atoms with E-state index in [0.717, 1.165) is 66.4 Å². The number of sulfonamides is 1. The summed E-state index contributed by atoms with van der Waals surface area (Å²) in [7, 11) is -3.82. The number of carbonyl (C=O) groups excluding carboxylic acids is 1. The van der Waals surface area contributed by atoms with Crippen LogP contribution in [-0.2, 0) is 33.2 Å². The van der Waals surface area contributed by atoms with Crippen LogP contribution < -0.4 is 14.4 Å². The van der Waals surface area contributed by atoms with Gasteiger partial charge in [-0.2, -0.15) is 0 Å². The first-order valence-corrected chi connectivity index (χ1v) is 18.7. The van der Waals surface area contributed by atoms with Gasteiger partial charge in [-0.15, -0.1) is 0 Å². The van der Waals surface area contributed by atoms with Gasteiger partial charge in [0.25, 0.3) is 5.91 Å². The minimum atomic E-state index is -3.82. The number of halogens is 1. The molecule has 1 N–H and O–H groups in total. The number of nitrogens with zero attached hydrogens (tertiary/aromatic N) is 2. The molecule has 0 radical (unpaired) electrons. The van der Waals surface area contributed by atoms with Crippen LogP contribution in [0, 0.1) is 25.7 Å². The molecule has 1 saturated carbocycles.